The number of nitrogens with one attached hydrogen (secondary N) is 1. The third-order valence-corrected chi connectivity index (χ3v) is 4.33. The molecule has 0 bridgehead atoms. The van der Waals surface area contributed by atoms with E-state index in [1.807, 2.05) is 31.2 Å². The van der Waals surface area contributed by atoms with Gasteiger partial charge in [0.1, 0.15) is 17.9 Å². The first-order chi connectivity index (χ1) is 12.6. The molecule has 0 saturated carbocycles. The van der Waals surface area contributed by atoms with Gasteiger partial charge in [-0.3, -0.25) is 24.4 Å². The van der Waals surface area contributed by atoms with Gasteiger partial charge in [-0.05, 0) is 32.8 Å². The zero-order valence-electron chi connectivity index (χ0n) is 15.4. The van der Waals surface area contributed by atoms with E-state index < -0.39 is 28.3 Å². The lowest BCUT2D eigenvalue weighted by atomic mass is 9.97. The molecule has 0 saturated heterocycles. The van der Waals surface area contributed by atoms with Crippen LogP contribution in [0.15, 0.2) is 36.7 Å². The van der Waals surface area contributed by atoms with Crippen molar-refractivity contribution in [1.29, 1.82) is 0 Å². The maximum Gasteiger partial charge on any atom is 0.308 e. The van der Waals surface area contributed by atoms with Gasteiger partial charge in [-0.2, -0.15) is 5.10 Å². The number of aryl methyl sites for hydroxylation is 1. The molecule has 2 rings (SSSR count). The Balaban J connectivity index is 2.05. The van der Waals surface area contributed by atoms with Crippen LogP contribution in [0.5, 0.6) is 0 Å². The van der Waals surface area contributed by atoms with Gasteiger partial charge in [0.25, 0.3) is 0 Å². The van der Waals surface area contributed by atoms with Crippen molar-refractivity contribution in [2.75, 3.05) is 6.54 Å². The van der Waals surface area contributed by atoms with Crippen molar-refractivity contribution in [1.82, 2.24) is 15.1 Å². The van der Waals surface area contributed by atoms with E-state index in [1.54, 1.807) is 13.8 Å². The summed E-state index contributed by atoms with van der Waals surface area (Å²) in [7, 11) is 0. The first-order valence-corrected chi connectivity index (χ1v) is 8.37. The molecule has 9 heteroatoms. The SMILES string of the molecule is Cc1cccc(CC(CNC(=O)C(C)(C)n2cc([N+](=O)[O-])cn2)C(=O)O)c1. The normalized spacial score (nSPS) is 12.4. The molecule has 144 valence electrons. The number of carboxylic acid groups (broad SMARTS) is 1. The van der Waals surface area contributed by atoms with E-state index in [-0.39, 0.29) is 18.7 Å². The van der Waals surface area contributed by atoms with Crippen molar-refractivity contribution in [3.05, 3.63) is 57.9 Å². The van der Waals surface area contributed by atoms with Gasteiger partial charge in [0.2, 0.25) is 5.91 Å². The highest BCUT2D eigenvalue weighted by Crippen LogP contribution is 2.19. The summed E-state index contributed by atoms with van der Waals surface area (Å²) in [6, 6.07) is 7.53. The lowest BCUT2D eigenvalue weighted by Crippen LogP contribution is -2.47. The van der Waals surface area contributed by atoms with Crippen molar-refractivity contribution in [3.63, 3.8) is 0 Å². The number of aliphatic carboxylic acids is 1. The van der Waals surface area contributed by atoms with E-state index in [2.05, 4.69) is 10.4 Å². The summed E-state index contributed by atoms with van der Waals surface area (Å²) in [5.74, 6) is -2.28. The minimum atomic E-state index is -1.21. The minimum Gasteiger partial charge on any atom is -0.481 e. The second-order valence-corrected chi connectivity index (χ2v) is 6.90. The Morgan fingerprint density at radius 1 is 1.41 bits per heavy atom. The standard InChI is InChI=1S/C18H22N4O5/c1-12-5-4-6-13(7-12)8-14(16(23)24)9-19-17(25)18(2,3)21-11-15(10-20-21)22(26)27/h4-7,10-11,14H,8-9H2,1-3H3,(H,19,25)(H,23,24). The summed E-state index contributed by atoms with van der Waals surface area (Å²) < 4.78 is 1.19. The molecule has 1 aromatic carbocycles. The molecule has 0 aliphatic heterocycles. The number of nitrogens with zero attached hydrogens (tertiary/aromatic N) is 3. The van der Waals surface area contributed by atoms with E-state index >= 15 is 0 Å². The zero-order chi connectivity index (χ0) is 20.2. The number of amides is 1. The highest BCUT2D eigenvalue weighted by molar-refractivity contribution is 5.84. The topological polar surface area (TPSA) is 127 Å². The van der Waals surface area contributed by atoms with Gasteiger partial charge in [-0.15, -0.1) is 0 Å². The Labute approximate surface area is 156 Å². The van der Waals surface area contributed by atoms with Gasteiger partial charge in [-0.25, -0.2) is 0 Å². The maximum absolute atomic E-state index is 12.5. The quantitative estimate of drug-likeness (QED) is 0.536. The van der Waals surface area contributed by atoms with Crippen LogP contribution in [-0.4, -0.2) is 38.2 Å². The lowest BCUT2D eigenvalue weighted by Gasteiger charge is -2.25. The van der Waals surface area contributed by atoms with Crippen LogP contribution >= 0.6 is 0 Å². The maximum atomic E-state index is 12.5. The monoisotopic (exact) mass is 374 g/mol. The summed E-state index contributed by atoms with van der Waals surface area (Å²) in [6.07, 6.45) is 2.51. The Morgan fingerprint density at radius 2 is 2.11 bits per heavy atom. The predicted molar refractivity (Wildman–Crippen MR) is 97.2 cm³/mol. The third-order valence-electron chi connectivity index (χ3n) is 4.33. The first-order valence-electron chi connectivity index (χ1n) is 8.37. The van der Waals surface area contributed by atoms with E-state index in [1.165, 1.54) is 10.9 Å². The van der Waals surface area contributed by atoms with Crippen LogP contribution < -0.4 is 5.32 Å². The van der Waals surface area contributed by atoms with Gasteiger partial charge in [0.15, 0.2) is 0 Å². The van der Waals surface area contributed by atoms with E-state index in [0.29, 0.717) is 0 Å². The smallest absolute Gasteiger partial charge is 0.308 e. The van der Waals surface area contributed by atoms with Crippen molar-refractivity contribution in [2.24, 2.45) is 5.92 Å². The van der Waals surface area contributed by atoms with E-state index in [0.717, 1.165) is 17.3 Å². The summed E-state index contributed by atoms with van der Waals surface area (Å²) in [5, 5.41) is 26.7. The van der Waals surface area contributed by atoms with Crippen molar-refractivity contribution in [3.8, 4) is 0 Å². The van der Waals surface area contributed by atoms with Crippen LogP contribution in [0.25, 0.3) is 0 Å². The number of carboxylic acids is 1. The molecule has 1 unspecified atom stereocenters. The summed E-state index contributed by atoms with van der Waals surface area (Å²) in [4.78, 5) is 34.3. The van der Waals surface area contributed by atoms with Crippen molar-refractivity contribution >= 4 is 17.6 Å². The molecule has 0 spiro atoms. The number of aromatic nitrogens is 2. The largest absolute Gasteiger partial charge is 0.481 e. The average Bonchev–Trinajstić information content (AvgIpc) is 3.09. The van der Waals surface area contributed by atoms with Crippen LogP contribution in [0.2, 0.25) is 0 Å². The van der Waals surface area contributed by atoms with Gasteiger partial charge < -0.3 is 10.4 Å². The number of rotatable bonds is 8. The fourth-order valence-electron chi connectivity index (χ4n) is 2.62. The highest BCUT2D eigenvalue weighted by Gasteiger charge is 2.33. The van der Waals surface area contributed by atoms with Gasteiger partial charge in [0, 0.05) is 6.54 Å². The molecule has 1 heterocycles. The van der Waals surface area contributed by atoms with Crippen molar-refractivity contribution < 1.29 is 19.6 Å². The molecular formula is C18H22N4O5. The molecule has 0 radical (unpaired) electrons. The van der Waals surface area contributed by atoms with Crippen molar-refractivity contribution in [2.45, 2.75) is 32.7 Å². The fraction of sp³-hybridized carbons (Fsp3) is 0.389. The molecule has 1 atom stereocenters. The van der Waals surface area contributed by atoms with E-state index in [9.17, 15) is 24.8 Å². The molecular weight excluding hydrogens is 352 g/mol. The lowest BCUT2D eigenvalue weighted by molar-refractivity contribution is -0.385. The Morgan fingerprint density at radius 3 is 2.67 bits per heavy atom. The Bertz CT molecular complexity index is 859. The molecule has 2 N–H and O–H groups in total. The number of hydrogen-bond donors (Lipinski definition) is 2. The van der Waals surface area contributed by atoms with Crippen LogP contribution in [0.3, 0.4) is 0 Å². The van der Waals surface area contributed by atoms with Crippen LogP contribution in [0.4, 0.5) is 5.69 Å². The fourth-order valence-corrected chi connectivity index (χ4v) is 2.62. The number of carbonyl (C=O) groups excluding carboxylic acids is 1. The Kier molecular flexibility index (Phi) is 5.94. The molecule has 27 heavy (non-hydrogen) atoms. The number of carbonyl (C=O) groups is 2. The second-order valence-electron chi connectivity index (χ2n) is 6.90. The highest BCUT2D eigenvalue weighted by atomic mass is 16.6. The zero-order valence-corrected chi connectivity index (χ0v) is 15.4. The first kappa shape index (κ1) is 20.1. The van der Waals surface area contributed by atoms with Crippen LogP contribution in [0.1, 0.15) is 25.0 Å². The van der Waals surface area contributed by atoms with Crippen LogP contribution in [0, 0.1) is 23.0 Å². The van der Waals surface area contributed by atoms with Gasteiger partial charge >= 0.3 is 11.7 Å². The Hall–Kier alpha value is -3.23. The molecule has 9 nitrogen and oxygen atoms in total. The summed E-state index contributed by atoms with van der Waals surface area (Å²) in [6.45, 7) is 4.96. The summed E-state index contributed by atoms with van der Waals surface area (Å²) >= 11 is 0. The second kappa shape index (κ2) is 7.98. The van der Waals surface area contributed by atoms with Gasteiger partial charge in [-0.1, -0.05) is 29.8 Å². The average molecular weight is 374 g/mol. The molecule has 0 aliphatic carbocycles. The predicted octanol–water partition coefficient (Wildman–Crippen LogP) is 1.89. The molecule has 0 fully saturated rings. The molecule has 2 aromatic rings. The van der Waals surface area contributed by atoms with Gasteiger partial charge in [0.05, 0.1) is 10.8 Å². The number of nitro groups is 1. The molecule has 1 amide bonds. The number of hydrogen-bond acceptors (Lipinski definition) is 5. The minimum absolute atomic E-state index is 0.0606. The third kappa shape index (κ3) is 4.90. The van der Waals surface area contributed by atoms with E-state index in [4.69, 9.17) is 0 Å². The number of benzene rings is 1. The van der Waals surface area contributed by atoms with Crippen LogP contribution in [-0.2, 0) is 21.5 Å². The molecule has 1 aromatic heterocycles. The molecule has 0 aliphatic rings. The summed E-state index contributed by atoms with van der Waals surface area (Å²) in [5.41, 5.74) is 0.472.